The van der Waals surface area contributed by atoms with Gasteiger partial charge >= 0.3 is 0 Å². The third-order valence-electron chi connectivity index (χ3n) is 3.42. The van der Waals surface area contributed by atoms with Gasteiger partial charge in [-0.15, -0.1) is 0 Å². The first-order valence-electron chi connectivity index (χ1n) is 6.20. The van der Waals surface area contributed by atoms with Crippen molar-refractivity contribution in [1.82, 2.24) is 9.88 Å². The maximum Gasteiger partial charge on any atom is 0.0479 e. The molecule has 16 heavy (non-hydrogen) atoms. The molecule has 0 radical (unpaired) electrons. The molecule has 1 aromatic heterocycles. The number of hydrogen-bond acceptors (Lipinski definition) is 2. The summed E-state index contributed by atoms with van der Waals surface area (Å²) < 4.78 is 7.40. The summed E-state index contributed by atoms with van der Waals surface area (Å²) in [7, 11) is 3.82. The summed E-state index contributed by atoms with van der Waals surface area (Å²) in [6, 6.07) is 0.562. The van der Waals surface area contributed by atoms with Crippen molar-refractivity contribution in [3.05, 3.63) is 23.5 Å². The van der Waals surface area contributed by atoms with E-state index in [1.54, 1.807) is 7.11 Å². The molecule has 90 valence electrons. The van der Waals surface area contributed by atoms with Crippen LogP contribution in [0, 0.1) is 0 Å². The standard InChI is InChI=1S/C13H22N2O/c1-14-13-6-3-5-11-9-15(10-12(11)13)7-4-8-16-2/h9-10,13-14H,3-8H2,1-2H3. The van der Waals surface area contributed by atoms with Crippen molar-refractivity contribution in [1.29, 1.82) is 0 Å². The van der Waals surface area contributed by atoms with Crippen molar-refractivity contribution in [3.8, 4) is 0 Å². The molecule has 1 aromatic rings. The highest BCUT2D eigenvalue weighted by atomic mass is 16.5. The molecular formula is C13H22N2O. The van der Waals surface area contributed by atoms with Crippen LogP contribution in [0.3, 0.4) is 0 Å². The minimum Gasteiger partial charge on any atom is -0.385 e. The third-order valence-corrected chi connectivity index (χ3v) is 3.42. The summed E-state index contributed by atoms with van der Waals surface area (Å²) in [6.45, 7) is 1.91. The van der Waals surface area contributed by atoms with Crippen molar-refractivity contribution < 1.29 is 4.74 Å². The second-order valence-corrected chi connectivity index (χ2v) is 4.56. The molecule has 1 aliphatic rings. The molecule has 3 nitrogen and oxygen atoms in total. The summed E-state index contributed by atoms with van der Waals surface area (Å²) in [5, 5.41) is 3.40. The predicted octanol–water partition coefficient (Wildman–Crippen LogP) is 2.12. The van der Waals surface area contributed by atoms with Crippen LogP contribution < -0.4 is 5.32 Å². The number of aromatic nitrogens is 1. The molecule has 1 atom stereocenters. The first-order chi connectivity index (χ1) is 7.85. The number of aryl methyl sites for hydroxylation is 2. The molecule has 0 spiro atoms. The van der Waals surface area contributed by atoms with E-state index in [1.807, 2.05) is 0 Å². The predicted molar refractivity (Wildman–Crippen MR) is 65.7 cm³/mol. The maximum absolute atomic E-state index is 5.08. The summed E-state index contributed by atoms with van der Waals surface area (Å²) in [6.07, 6.45) is 9.53. The third kappa shape index (κ3) is 2.47. The zero-order valence-electron chi connectivity index (χ0n) is 10.3. The van der Waals surface area contributed by atoms with E-state index >= 15 is 0 Å². The van der Waals surface area contributed by atoms with Crippen LogP contribution >= 0.6 is 0 Å². The molecule has 2 rings (SSSR count). The Labute approximate surface area is 97.8 Å². The van der Waals surface area contributed by atoms with E-state index in [1.165, 1.54) is 30.4 Å². The lowest BCUT2D eigenvalue weighted by atomic mass is 9.91. The van der Waals surface area contributed by atoms with E-state index in [2.05, 4.69) is 29.3 Å². The fraction of sp³-hybridized carbons (Fsp3) is 0.692. The summed E-state index contributed by atoms with van der Waals surface area (Å²) in [5.74, 6) is 0. The lowest BCUT2D eigenvalue weighted by Crippen LogP contribution is -2.20. The number of nitrogens with zero attached hydrogens (tertiary/aromatic N) is 1. The van der Waals surface area contributed by atoms with E-state index in [0.717, 1.165) is 19.6 Å². The van der Waals surface area contributed by atoms with Gasteiger partial charge in [0.1, 0.15) is 0 Å². The Hall–Kier alpha value is -0.800. The molecule has 0 aromatic carbocycles. The van der Waals surface area contributed by atoms with Gasteiger partial charge in [0.15, 0.2) is 0 Å². The van der Waals surface area contributed by atoms with Gasteiger partial charge in [-0.3, -0.25) is 0 Å². The molecule has 1 heterocycles. The highest BCUT2D eigenvalue weighted by Crippen LogP contribution is 2.30. The second kappa shape index (κ2) is 5.51. The zero-order valence-corrected chi connectivity index (χ0v) is 10.3. The maximum atomic E-state index is 5.08. The van der Waals surface area contributed by atoms with Gasteiger partial charge in [-0.25, -0.2) is 0 Å². The van der Waals surface area contributed by atoms with Crippen LogP contribution in [-0.2, 0) is 17.7 Å². The Morgan fingerprint density at radius 3 is 3.12 bits per heavy atom. The monoisotopic (exact) mass is 222 g/mol. The number of hydrogen-bond donors (Lipinski definition) is 1. The van der Waals surface area contributed by atoms with Gasteiger partial charge in [-0.2, -0.15) is 0 Å². The fourth-order valence-electron chi connectivity index (χ4n) is 2.57. The van der Waals surface area contributed by atoms with Crippen LogP contribution in [0.4, 0.5) is 0 Å². The minimum atomic E-state index is 0.562. The van der Waals surface area contributed by atoms with Gasteiger partial charge in [0.2, 0.25) is 0 Å². The Morgan fingerprint density at radius 2 is 2.38 bits per heavy atom. The Kier molecular flexibility index (Phi) is 4.02. The Balaban J connectivity index is 2.03. The van der Waals surface area contributed by atoms with Crippen LogP contribution in [0.5, 0.6) is 0 Å². The highest BCUT2D eigenvalue weighted by molar-refractivity contribution is 5.30. The zero-order chi connectivity index (χ0) is 11.4. The van der Waals surface area contributed by atoms with E-state index < -0.39 is 0 Å². The van der Waals surface area contributed by atoms with Gasteiger partial charge in [0.05, 0.1) is 0 Å². The van der Waals surface area contributed by atoms with Crippen LogP contribution in [0.2, 0.25) is 0 Å². The van der Waals surface area contributed by atoms with Crippen molar-refractivity contribution in [2.24, 2.45) is 0 Å². The number of ether oxygens (including phenoxy) is 1. The van der Waals surface area contributed by atoms with Gasteiger partial charge in [0.25, 0.3) is 0 Å². The highest BCUT2D eigenvalue weighted by Gasteiger charge is 2.20. The number of fused-ring (bicyclic) bond motifs is 1. The Bertz CT molecular complexity index is 333. The molecule has 1 unspecified atom stereocenters. The molecular weight excluding hydrogens is 200 g/mol. The van der Waals surface area contributed by atoms with E-state index in [9.17, 15) is 0 Å². The number of nitrogens with one attached hydrogen (secondary N) is 1. The smallest absolute Gasteiger partial charge is 0.0479 e. The van der Waals surface area contributed by atoms with E-state index in [4.69, 9.17) is 4.74 Å². The van der Waals surface area contributed by atoms with Gasteiger partial charge in [0, 0.05) is 38.7 Å². The molecule has 0 aliphatic heterocycles. The van der Waals surface area contributed by atoms with Crippen molar-refractivity contribution >= 4 is 0 Å². The van der Waals surface area contributed by atoms with Crippen molar-refractivity contribution in [3.63, 3.8) is 0 Å². The van der Waals surface area contributed by atoms with Crippen LogP contribution in [0.1, 0.15) is 36.4 Å². The normalized spacial score (nSPS) is 19.8. The lowest BCUT2D eigenvalue weighted by molar-refractivity contribution is 0.190. The molecule has 0 bridgehead atoms. The largest absolute Gasteiger partial charge is 0.385 e. The molecule has 0 saturated heterocycles. The number of rotatable bonds is 5. The molecule has 1 aliphatic carbocycles. The number of methoxy groups -OCH3 is 1. The summed E-state index contributed by atoms with van der Waals surface area (Å²) in [4.78, 5) is 0. The SMILES string of the molecule is CNC1CCCc2cn(CCCOC)cc21. The van der Waals surface area contributed by atoms with Crippen LogP contribution in [0.25, 0.3) is 0 Å². The quantitative estimate of drug-likeness (QED) is 0.772. The van der Waals surface area contributed by atoms with Crippen molar-refractivity contribution in [2.75, 3.05) is 20.8 Å². The average molecular weight is 222 g/mol. The van der Waals surface area contributed by atoms with Gasteiger partial charge in [-0.1, -0.05) is 0 Å². The molecule has 0 fully saturated rings. The first-order valence-corrected chi connectivity index (χ1v) is 6.20. The van der Waals surface area contributed by atoms with Crippen LogP contribution in [-0.4, -0.2) is 25.3 Å². The van der Waals surface area contributed by atoms with Gasteiger partial charge in [-0.05, 0) is 43.9 Å². The van der Waals surface area contributed by atoms with E-state index in [-0.39, 0.29) is 0 Å². The molecule has 1 N–H and O–H groups in total. The lowest BCUT2D eigenvalue weighted by Gasteiger charge is -2.21. The molecule has 3 heteroatoms. The minimum absolute atomic E-state index is 0.562. The Morgan fingerprint density at radius 1 is 1.50 bits per heavy atom. The van der Waals surface area contributed by atoms with Crippen LogP contribution in [0.15, 0.2) is 12.4 Å². The second-order valence-electron chi connectivity index (χ2n) is 4.56. The average Bonchev–Trinajstić information content (AvgIpc) is 2.71. The first kappa shape index (κ1) is 11.7. The topological polar surface area (TPSA) is 26.2 Å². The summed E-state index contributed by atoms with van der Waals surface area (Å²) in [5.41, 5.74) is 3.04. The van der Waals surface area contributed by atoms with E-state index in [0.29, 0.717) is 6.04 Å². The van der Waals surface area contributed by atoms with Crippen molar-refractivity contribution in [2.45, 2.75) is 38.3 Å². The van der Waals surface area contributed by atoms with Gasteiger partial charge < -0.3 is 14.6 Å². The summed E-state index contributed by atoms with van der Waals surface area (Å²) >= 11 is 0. The molecule has 0 amide bonds. The molecule has 0 saturated carbocycles. The fourth-order valence-corrected chi connectivity index (χ4v) is 2.57.